The molecule has 0 aliphatic heterocycles. The topological polar surface area (TPSA) is 35.8 Å². The number of anilines is 1. The zero-order valence-electron chi connectivity index (χ0n) is 10.4. The van der Waals surface area contributed by atoms with Crippen LogP contribution in [-0.2, 0) is 6.54 Å². The Kier molecular flexibility index (Phi) is 4.54. The third-order valence-electron chi connectivity index (χ3n) is 2.79. The third-order valence-corrected chi connectivity index (χ3v) is 3.10. The van der Waals surface area contributed by atoms with Gasteiger partial charge in [-0.3, -0.25) is 0 Å². The molecule has 0 spiro atoms. The molecule has 0 fully saturated rings. The number of hydrogen-bond acceptors (Lipinski definition) is 2. The Hall–Kier alpha value is -2.12. The lowest BCUT2D eigenvalue weighted by Crippen LogP contribution is -2.00. The van der Waals surface area contributed by atoms with E-state index in [1.54, 1.807) is 30.3 Å². The molecular weight excluding hydrogens is 282 g/mol. The van der Waals surface area contributed by atoms with Gasteiger partial charge in [-0.05, 0) is 29.8 Å². The molecule has 0 atom stereocenters. The van der Waals surface area contributed by atoms with Gasteiger partial charge in [0.2, 0.25) is 0 Å². The van der Waals surface area contributed by atoms with Crippen LogP contribution in [0.25, 0.3) is 0 Å². The van der Waals surface area contributed by atoms with Crippen LogP contribution in [0.2, 0.25) is 5.02 Å². The summed E-state index contributed by atoms with van der Waals surface area (Å²) in [7, 11) is 0. The summed E-state index contributed by atoms with van der Waals surface area (Å²) in [5.74, 6) is 0. The van der Waals surface area contributed by atoms with Crippen molar-refractivity contribution in [2.75, 3.05) is 5.32 Å². The number of benzene rings is 2. The van der Waals surface area contributed by atoms with E-state index in [1.807, 2.05) is 6.07 Å². The van der Waals surface area contributed by atoms with E-state index in [0.717, 1.165) is 11.3 Å². The predicted molar refractivity (Wildman–Crippen MR) is 74.9 cm³/mol. The van der Waals surface area contributed by atoms with Gasteiger partial charge >= 0.3 is 0 Å². The van der Waals surface area contributed by atoms with Crippen LogP contribution >= 0.6 is 11.6 Å². The Morgan fingerprint density at radius 1 is 1.20 bits per heavy atom. The quantitative estimate of drug-likeness (QED) is 0.882. The highest BCUT2D eigenvalue weighted by atomic mass is 35.5. The molecule has 5 heteroatoms. The van der Waals surface area contributed by atoms with E-state index in [0.29, 0.717) is 17.1 Å². The summed E-state index contributed by atoms with van der Waals surface area (Å²) in [6.45, 7) is 0.406. The molecule has 0 aliphatic rings. The predicted octanol–water partition coefficient (Wildman–Crippen LogP) is 4.76. The maximum Gasteiger partial charge on any atom is 0.263 e. The fourth-order valence-corrected chi connectivity index (χ4v) is 1.98. The molecule has 2 aromatic rings. The molecule has 2 aromatic carbocycles. The lowest BCUT2D eigenvalue weighted by atomic mass is 10.1. The van der Waals surface area contributed by atoms with Crippen molar-refractivity contribution in [1.29, 1.82) is 5.26 Å². The first-order valence-electron chi connectivity index (χ1n) is 5.90. The van der Waals surface area contributed by atoms with E-state index in [2.05, 4.69) is 5.32 Å². The number of nitriles is 1. The van der Waals surface area contributed by atoms with Gasteiger partial charge in [0.1, 0.15) is 6.07 Å². The molecule has 0 saturated heterocycles. The molecule has 102 valence electrons. The van der Waals surface area contributed by atoms with Crippen LogP contribution in [0.5, 0.6) is 0 Å². The van der Waals surface area contributed by atoms with Crippen molar-refractivity contribution in [1.82, 2.24) is 0 Å². The fraction of sp³-hybridized carbons (Fsp3) is 0.133. The van der Waals surface area contributed by atoms with Crippen molar-refractivity contribution >= 4 is 17.3 Å². The molecule has 1 N–H and O–H groups in total. The van der Waals surface area contributed by atoms with E-state index in [-0.39, 0.29) is 5.56 Å². The summed E-state index contributed by atoms with van der Waals surface area (Å²) in [6.07, 6.45) is -2.47. The molecule has 0 aliphatic carbocycles. The van der Waals surface area contributed by atoms with Gasteiger partial charge in [-0.2, -0.15) is 5.26 Å². The van der Waals surface area contributed by atoms with Crippen LogP contribution in [0.4, 0.5) is 14.5 Å². The SMILES string of the molecule is N#Cc1ccc(NCc2cccc(C(F)F)c2)cc1Cl. The van der Waals surface area contributed by atoms with Crippen LogP contribution in [0.15, 0.2) is 42.5 Å². The van der Waals surface area contributed by atoms with Crippen molar-refractivity contribution in [2.24, 2.45) is 0 Å². The normalized spacial score (nSPS) is 10.3. The minimum atomic E-state index is -2.47. The average molecular weight is 293 g/mol. The number of hydrogen-bond donors (Lipinski definition) is 1. The number of halogens is 3. The van der Waals surface area contributed by atoms with Crippen molar-refractivity contribution in [3.05, 3.63) is 64.2 Å². The Morgan fingerprint density at radius 2 is 2.00 bits per heavy atom. The van der Waals surface area contributed by atoms with Crippen LogP contribution in [0.3, 0.4) is 0 Å². The molecule has 2 nitrogen and oxygen atoms in total. The van der Waals surface area contributed by atoms with E-state index >= 15 is 0 Å². The maximum absolute atomic E-state index is 12.6. The Morgan fingerprint density at radius 3 is 2.65 bits per heavy atom. The molecule has 0 amide bonds. The number of alkyl halides is 2. The van der Waals surface area contributed by atoms with Crippen LogP contribution in [0.1, 0.15) is 23.1 Å². The number of nitrogens with one attached hydrogen (secondary N) is 1. The molecule has 0 bridgehead atoms. The summed E-state index contributed by atoms with van der Waals surface area (Å²) in [5.41, 5.74) is 1.89. The largest absolute Gasteiger partial charge is 0.381 e. The first-order valence-corrected chi connectivity index (χ1v) is 6.28. The van der Waals surface area contributed by atoms with E-state index in [4.69, 9.17) is 16.9 Å². The Labute approximate surface area is 120 Å². The first kappa shape index (κ1) is 14.3. The smallest absolute Gasteiger partial charge is 0.263 e. The second-order valence-electron chi connectivity index (χ2n) is 4.21. The first-order chi connectivity index (χ1) is 9.60. The molecule has 0 saturated carbocycles. The highest BCUT2D eigenvalue weighted by Crippen LogP contribution is 2.22. The van der Waals surface area contributed by atoms with Gasteiger partial charge in [0.05, 0.1) is 10.6 Å². The highest BCUT2D eigenvalue weighted by Gasteiger charge is 2.07. The molecule has 20 heavy (non-hydrogen) atoms. The average Bonchev–Trinajstić information content (AvgIpc) is 2.45. The van der Waals surface area contributed by atoms with E-state index in [9.17, 15) is 8.78 Å². The highest BCUT2D eigenvalue weighted by molar-refractivity contribution is 6.32. The van der Waals surface area contributed by atoms with Gasteiger partial charge in [0.15, 0.2) is 0 Å². The lowest BCUT2D eigenvalue weighted by Gasteiger charge is -2.09. The second kappa shape index (κ2) is 6.36. The molecule has 0 heterocycles. The standard InChI is InChI=1S/C15H11ClF2N2/c16-14-7-13(5-4-12(14)8-19)20-9-10-2-1-3-11(6-10)15(17)18/h1-7,15,20H,9H2. The molecule has 0 radical (unpaired) electrons. The minimum Gasteiger partial charge on any atom is -0.381 e. The van der Waals surface area contributed by atoms with Gasteiger partial charge < -0.3 is 5.32 Å². The van der Waals surface area contributed by atoms with E-state index < -0.39 is 6.43 Å². The third kappa shape index (κ3) is 3.46. The summed E-state index contributed by atoms with van der Waals surface area (Å²) < 4.78 is 25.2. The van der Waals surface area contributed by atoms with Crippen molar-refractivity contribution < 1.29 is 8.78 Å². The van der Waals surface area contributed by atoms with Crippen molar-refractivity contribution in [2.45, 2.75) is 13.0 Å². The summed E-state index contributed by atoms with van der Waals surface area (Å²) in [5, 5.41) is 12.2. The molecular formula is C15H11ClF2N2. The van der Waals surface area contributed by atoms with Gasteiger partial charge in [-0.25, -0.2) is 8.78 Å². The minimum absolute atomic E-state index is 0.00200. The molecule has 0 aromatic heterocycles. The fourth-order valence-electron chi connectivity index (χ4n) is 1.76. The van der Waals surface area contributed by atoms with E-state index in [1.165, 1.54) is 12.1 Å². The molecule has 2 rings (SSSR count). The zero-order valence-corrected chi connectivity index (χ0v) is 11.2. The van der Waals surface area contributed by atoms with Crippen LogP contribution in [0, 0.1) is 11.3 Å². The lowest BCUT2D eigenvalue weighted by molar-refractivity contribution is 0.151. The van der Waals surface area contributed by atoms with Crippen molar-refractivity contribution in [3.8, 4) is 6.07 Å². The van der Waals surface area contributed by atoms with Gasteiger partial charge in [0, 0.05) is 17.8 Å². The van der Waals surface area contributed by atoms with Crippen molar-refractivity contribution in [3.63, 3.8) is 0 Å². The second-order valence-corrected chi connectivity index (χ2v) is 4.61. The zero-order chi connectivity index (χ0) is 14.5. The number of rotatable bonds is 4. The summed E-state index contributed by atoms with van der Waals surface area (Å²) >= 11 is 5.92. The summed E-state index contributed by atoms with van der Waals surface area (Å²) in [4.78, 5) is 0. The monoisotopic (exact) mass is 292 g/mol. The summed E-state index contributed by atoms with van der Waals surface area (Å²) in [6, 6.07) is 13.2. The maximum atomic E-state index is 12.6. The number of nitrogens with zero attached hydrogens (tertiary/aromatic N) is 1. The van der Waals surface area contributed by atoms with Crippen LogP contribution < -0.4 is 5.32 Å². The van der Waals surface area contributed by atoms with Crippen LogP contribution in [-0.4, -0.2) is 0 Å². The molecule has 0 unspecified atom stereocenters. The van der Waals surface area contributed by atoms with Gasteiger partial charge in [0.25, 0.3) is 6.43 Å². The van der Waals surface area contributed by atoms with Gasteiger partial charge in [-0.15, -0.1) is 0 Å². The Bertz CT molecular complexity index is 651. The Balaban J connectivity index is 2.07. The van der Waals surface area contributed by atoms with Gasteiger partial charge in [-0.1, -0.05) is 29.8 Å².